The molecule has 2 heteroatoms. The van der Waals surface area contributed by atoms with Crippen molar-refractivity contribution in [1.82, 2.24) is 4.40 Å². The fourth-order valence-electron chi connectivity index (χ4n) is 2.79. The van der Waals surface area contributed by atoms with Crippen LogP contribution in [0.15, 0.2) is 48.7 Å². The first-order chi connectivity index (χ1) is 10.2. The topological polar surface area (TPSA) is 21.5 Å². The summed E-state index contributed by atoms with van der Waals surface area (Å²) in [6.07, 6.45) is 5.20. The highest BCUT2D eigenvalue weighted by molar-refractivity contribution is 5.89. The van der Waals surface area contributed by atoms with E-state index in [0.29, 0.717) is 0 Å². The molecule has 2 nitrogen and oxygen atoms in total. The van der Waals surface area contributed by atoms with Crippen LogP contribution in [0.25, 0.3) is 16.6 Å². The molecule has 21 heavy (non-hydrogen) atoms. The first-order valence-corrected chi connectivity index (χ1v) is 7.39. The van der Waals surface area contributed by atoms with Crippen molar-refractivity contribution in [2.75, 3.05) is 0 Å². The number of hydrogen-bond acceptors (Lipinski definition) is 1. The van der Waals surface area contributed by atoms with Crippen LogP contribution in [0.4, 0.5) is 0 Å². The molecule has 0 amide bonds. The Morgan fingerprint density at radius 1 is 1.10 bits per heavy atom. The molecule has 0 saturated carbocycles. The van der Waals surface area contributed by atoms with Crippen molar-refractivity contribution in [3.8, 4) is 11.1 Å². The lowest BCUT2D eigenvalue weighted by atomic mass is 10.0. The van der Waals surface area contributed by atoms with Crippen LogP contribution in [0.5, 0.6) is 0 Å². The molecule has 0 unspecified atom stereocenters. The minimum absolute atomic E-state index is 0.719. The molecule has 3 aromatic rings. The number of aldehydes is 1. The molecule has 0 aliphatic rings. The molecule has 0 bridgehead atoms. The largest absolute Gasteiger partial charge is 0.313 e. The number of aromatic nitrogens is 1. The van der Waals surface area contributed by atoms with Gasteiger partial charge in [0, 0.05) is 17.3 Å². The van der Waals surface area contributed by atoms with Crippen molar-refractivity contribution < 1.29 is 4.79 Å². The summed E-state index contributed by atoms with van der Waals surface area (Å²) in [5, 5.41) is 0. The molecule has 3 rings (SSSR count). The maximum atomic E-state index is 11.5. The summed E-state index contributed by atoms with van der Waals surface area (Å²) in [5.74, 6) is 0. The Labute approximate surface area is 125 Å². The number of pyridine rings is 1. The SMILES string of the molecule is CCCc1ccc(-c2cc3ccc(C)cn3c2C=O)cc1. The average Bonchev–Trinajstić information content (AvgIpc) is 2.86. The Hall–Kier alpha value is -2.35. The van der Waals surface area contributed by atoms with Gasteiger partial charge in [0.05, 0.1) is 5.69 Å². The highest BCUT2D eigenvalue weighted by atomic mass is 16.1. The van der Waals surface area contributed by atoms with E-state index in [1.54, 1.807) is 0 Å². The Kier molecular flexibility index (Phi) is 3.61. The van der Waals surface area contributed by atoms with E-state index in [1.165, 1.54) is 5.56 Å². The molecule has 2 heterocycles. The number of rotatable bonds is 4. The number of nitrogens with zero attached hydrogens (tertiary/aromatic N) is 1. The van der Waals surface area contributed by atoms with E-state index < -0.39 is 0 Å². The van der Waals surface area contributed by atoms with Gasteiger partial charge in [0.25, 0.3) is 0 Å². The molecule has 0 saturated heterocycles. The second-order valence-corrected chi connectivity index (χ2v) is 5.51. The number of aryl methyl sites for hydroxylation is 2. The van der Waals surface area contributed by atoms with Crippen LogP contribution in [0.3, 0.4) is 0 Å². The van der Waals surface area contributed by atoms with Crippen LogP contribution < -0.4 is 0 Å². The van der Waals surface area contributed by atoms with E-state index in [1.807, 2.05) is 17.5 Å². The molecule has 0 spiro atoms. The van der Waals surface area contributed by atoms with Gasteiger partial charge in [-0.15, -0.1) is 0 Å². The van der Waals surface area contributed by atoms with Crippen LogP contribution >= 0.6 is 0 Å². The highest BCUT2D eigenvalue weighted by Gasteiger charge is 2.11. The van der Waals surface area contributed by atoms with E-state index in [9.17, 15) is 4.79 Å². The van der Waals surface area contributed by atoms with Crippen molar-refractivity contribution in [2.45, 2.75) is 26.7 Å². The predicted octanol–water partition coefficient (Wildman–Crippen LogP) is 4.68. The molecule has 0 atom stereocenters. The van der Waals surface area contributed by atoms with Crippen LogP contribution in [-0.2, 0) is 6.42 Å². The van der Waals surface area contributed by atoms with Crippen molar-refractivity contribution >= 4 is 11.8 Å². The van der Waals surface area contributed by atoms with Gasteiger partial charge in [-0.3, -0.25) is 4.79 Å². The number of benzene rings is 1. The van der Waals surface area contributed by atoms with E-state index in [4.69, 9.17) is 0 Å². The number of fused-ring (bicyclic) bond motifs is 1. The third-order valence-electron chi connectivity index (χ3n) is 3.87. The first kappa shape index (κ1) is 13.6. The van der Waals surface area contributed by atoms with Gasteiger partial charge in [0.15, 0.2) is 6.29 Å². The number of carbonyl (C=O) groups excluding carboxylic acids is 1. The van der Waals surface area contributed by atoms with Crippen LogP contribution in [0.1, 0.15) is 35.0 Å². The summed E-state index contributed by atoms with van der Waals surface area (Å²) >= 11 is 0. The molecule has 0 aliphatic carbocycles. The Balaban J connectivity index is 2.13. The molecule has 1 aromatic carbocycles. The van der Waals surface area contributed by atoms with Gasteiger partial charge in [0.1, 0.15) is 0 Å². The van der Waals surface area contributed by atoms with Crippen LogP contribution in [-0.4, -0.2) is 10.7 Å². The van der Waals surface area contributed by atoms with Gasteiger partial charge in [-0.25, -0.2) is 0 Å². The first-order valence-electron chi connectivity index (χ1n) is 7.39. The summed E-state index contributed by atoms with van der Waals surface area (Å²) in [4.78, 5) is 11.5. The Morgan fingerprint density at radius 3 is 2.52 bits per heavy atom. The quantitative estimate of drug-likeness (QED) is 0.634. The zero-order valence-corrected chi connectivity index (χ0v) is 12.5. The fraction of sp³-hybridized carbons (Fsp3) is 0.211. The number of carbonyl (C=O) groups is 1. The molecule has 2 aromatic heterocycles. The van der Waals surface area contributed by atoms with Gasteiger partial charge >= 0.3 is 0 Å². The maximum Gasteiger partial charge on any atom is 0.167 e. The van der Waals surface area contributed by atoms with Gasteiger partial charge in [-0.2, -0.15) is 0 Å². The van der Waals surface area contributed by atoms with Gasteiger partial charge in [-0.1, -0.05) is 43.7 Å². The molecule has 0 N–H and O–H groups in total. The molecule has 0 aliphatic heterocycles. The lowest BCUT2D eigenvalue weighted by Gasteiger charge is -2.03. The van der Waals surface area contributed by atoms with Crippen molar-refractivity contribution in [3.63, 3.8) is 0 Å². The Bertz CT molecular complexity index is 781. The summed E-state index contributed by atoms with van der Waals surface area (Å²) < 4.78 is 1.97. The van der Waals surface area contributed by atoms with Gasteiger partial charge in [-0.05, 0) is 42.2 Å². The summed E-state index contributed by atoms with van der Waals surface area (Å²) in [5.41, 5.74) is 6.35. The van der Waals surface area contributed by atoms with E-state index in [2.05, 4.69) is 49.4 Å². The van der Waals surface area contributed by atoms with Crippen LogP contribution in [0, 0.1) is 6.92 Å². The monoisotopic (exact) mass is 277 g/mol. The average molecular weight is 277 g/mol. The van der Waals surface area contributed by atoms with Gasteiger partial charge < -0.3 is 4.40 Å². The predicted molar refractivity (Wildman–Crippen MR) is 87.0 cm³/mol. The molecule has 106 valence electrons. The van der Waals surface area contributed by atoms with E-state index in [-0.39, 0.29) is 0 Å². The fourth-order valence-corrected chi connectivity index (χ4v) is 2.79. The lowest BCUT2D eigenvalue weighted by molar-refractivity contribution is 0.111. The van der Waals surface area contributed by atoms with Crippen LogP contribution in [0.2, 0.25) is 0 Å². The normalized spacial score (nSPS) is 11.0. The smallest absolute Gasteiger partial charge is 0.167 e. The van der Waals surface area contributed by atoms with Gasteiger partial charge in [0.2, 0.25) is 0 Å². The maximum absolute atomic E-state index is 11.5. The van der Waals surface area contributed by atoms with E-state index in [0.717, 1.165) is 47.0 Å². The minimum atomic E-state index is 0.719. The minimum Gasteiger partial charge on any atom is -0.313 e. The van der Waals surface area contributed by atoms with Crippen molar-refractivity contribution in [1.29, 1.82) is 0 Å². The second kappa shape index (κ2) is 5.57. The third kappa shape index (κ3) is 2.49. The highest BCUT2D eigenvalue weighted by Crippen LogP contribution is 2.27. The zero-order valence-electron chi connectivity index (χ0n) is 12.5. The molecule has 0 radical (unpaired) electrons. The number of hydrogen-bond donors (Lipinski definition) is 0. The third-order valence-corrected chi connectivity index (χ3v) is 3.87. The summed E-state index contributed by atoms with van der Waals surface area (Å²) in [7, 11) is 0. The Morgan fingerprint density at radius 2 is 1.86 bits per heavy atom. The van der Waals surface area contributed by atoms with E-state index >= 15 is 0 Å². The standard InChI is InChI=1S/C19H19NO/c1-3-4-15-6-8-16(9-7-15)18-11-17-10-5-14(2)12-20(17)19(18)13-21/h5-13H,3-4H2,1-2H3. The molecular weight excluding hydrogens is 258 g/mol. The second-order valence-electron chi connectivity index (χ2n) is 5.51. The lowest BCUT2D eigenvalue weighted by Crippen LogP contribution is -1.93. The zero-order chi connectivity index (χ0) is 14.8. The molecule has 0 fully saturated rings. The van der Waals surface area contributed by atoms with Crippen molar-refractivity contribution in [3.05, 3.63) is 65.5 Å². The summed E-state index contributed by atoms with van der Waals surface area (Å²) in [6.45, 7) is 4.22. The van der Waals surface area contributed by atoms with Crippen molar-refractivity contribution in [2.24, 2.45) is 0 Å². The molecular formula is C19H19NO. The summed E-state index contributed by atoms with van der Waals surface area (Å²) in [6, 6.07) is 14.7.